The van der Waals surface area contributed by atoms with Gasteiger partial charge in [0.05, 0.1) is 25.4 Å². The van der Waals surface area contributed by atoms with E-state index in [9.17, 15) is 41.0 Å². The van der Waals surface area contributed by atoms with Gasteiger partial charge < -0.3 is 25.6 Å². The summed E-state index contributed by atoms with van der Waals surface area (Å²) >= 11 is 0.274. The van der Waals surface area contributed by atoms with Gasteiger partial charge in [-0.25, -0.2) is 4.98 Å². The van der Waals surface area contributed by atoms with Gasteiger partial charge in [-0.3, -0.25) is 14.3 Å². The number of carbonyl (C=O) groups excluding carboxylic acids is 2. The molecule has 4 N–H and O–H groups in total. The predicted molar refractivity (Wildman–Crippen MR) is 151 cm³/mol. The van der Waals surface area contributed by atoms with E-state index in [1.165, 1.54) is 26.2 Å². The first kappa shape index (κ1) is 31.6. The van der Waals surface area contributed by atoms with Crippen molar-refractivity contribution in [3.63, 3.8) is 0 Å². The number of ether oxygens (including phenoxy) is 2. The van der Waals surface area contributed by atoms with Crippen molar-refractivity contribution < 1.29 is 50.5 Å². The minimum Gasteiger partial charge on any atom is -0.494 e. The molecule has 0 radical (unpaired) electrons. The molecule has 0 spiro atoms. The molecule has 3 aromatic heterocycles. The first-order valence-electron chi connectivity index (χ1n) is 13.8. The number of nitrogens with two attached hydrogens (primary N) is 1. The Balaban J connectivity index is 1.40. The number of thiophene rings is 1. The number of aromatic nitrogens is 3. The van der Waals surface area contributed by atoms with Crippen LogP contribution in [0.15, 0.2) is 35.8 Å². The van der Waals surface area contributed by atoms with Gasteiger partial charge in [-0.2, -0.15) is 31.4 Å². The van der Waals surface area contributed by atoms with Crippen molar-refractivity contribution in [1.29, 1.82) is 0 Å². The molecule has 10 nitrogen and oxygen atoms in total. The molecule has 4 heterocycles. The predicted octanol–water partition coefficient (Wildman–Crippen LogP) is 4.84. The number of benzene rings is 1. The van der Waals surface area contributed by atoms with Gasteiger partial charge in [0.1, 0.15) is 39.6 Å². The van der Waals surface area contributed by atoms with Crippen LogP contribution >= 0.6 is 11.3 Å². The Kier molecular flexibility index (Phi) is 7.27. The highest BCUT2D eigenvalue weighted by molar-refractivity contribution is 7.10. The van der Waals surface area contributed by atoms with Crippen LogP contribution in [0.4, 0.5) is 26.3 Å². The molecule has 1 aromatic carbocycles. The van der Waals surface area contributed by atoms with E-state index >= 15 is 0 Å². The van der Waals surface area contributed by atoms with Crippen LogP contribution in [0.25, 0.3) is 22.2 Å². The zero-order valence-electron chi connectivity index (χ0n) is 24.0. The van der Waals surface area contributed by atoms with E-state index in [1.807, 2.05) is 0 Å². The van der Waals surface area contributed by atoms with Crippen molar-refractivity contribution in [2.75, 3.05) is 20.3 Å². The number of nitrogens with one attached hydrogen (secondary N) is 1. The fourth-order valence-electron chi connectivity index (χ4n) is 5.18. The SMILES string of the molecule is COc1cc(C(=O)NC[C@](O)(c2cc3c(c(-c4csc(C(F)(F)F)c4)n2)OC[C@]3(C)C(N)=O)C(F)(F)F)cc2cn(C3CC3)nc12. The number of alkyl halides is 6. The Morgan fingerprint density at radius 1 is 1.20 bits per heavy atom. The lowest BCUT2D eigenvalue weighted by Gasteiger charge is -2.31. The first-order valence-corrected chi connectivity index (χ1v) is 14.6. The molecule has 244 valence electrons. The summed E-state index contributed by atoms with van der Waals surface area (Å²) in [6, 6.07) is 4.36. The van der Waals surface area contributed by atoms with E-state index in [4.69, 9.17) is 15.2 Å². The molecule has 1 fully saturated rings. The molecule has 2 amide bonds. The Morgan fingerprint density at radius 2 is 1.91 bits per heavy atom. The van der Waals surface area contributed by atoms with Gasteiger partial charge in [0.15, 0.2) is 0 Å². The van der Waals surface area contributed by atoms with Crippen LogP contribution < -0.4 is 20.5 Å². The van der Waals surface area contributed by atoms with Gasteiger partial charge in [0.2, 0.25) is 11.5 Å². The lowest BCUT2D eigenvalue weighted by molar-refractivity contribution is -0.265. The summed E-state index contributed by atoms with van der Waals surface area (Å²) in [5, 5.41) is 19.3. The second kappa shape index (κ2) is 10.6. The molecular formula is C29H25F6N5O5S. The third kappa shape index (κ3) is 5.20. The number of primary amides is 1. The van der Waals surface area contributed by atoms with Crippen LogP contribution in [-0.4, -0.2) is 58.1 Å². The van der Waals surface area contributed by atoms with Gasteiger partial charge in [-0.15, -0.1) is 11.3 Å². The van der Waals surface area contributed by atoms with Crippen LogP contribution in [-0.2, 0) is 22.0 Å². The molecule has 46 heavy (non-hydrogen) atoms. The number of carbonyl (C=O) groups is 2. The summed E-state index contributed by atoms with van der Waals surface area (Å²) in [5.41, 5.74) is -1.70. The van der Waals surface area contributed by atoms with E-state index in [-0.39, 0.29) is 45.6 Å². The maximum atomic E-state index is 14.7. The number of fused-ring (bicyclic) bond motifs is 2. The van der Waals surface area contributed by atoms with Crippen molar-refractivity contribution in [2.24, 2.45) is 5.73 Å². The molecule has 0 bridgehead atoms. The molecule has 6 rings (SSSR count). The van der Waals surface area contributed by atoms with Crippen molar-refractivity contribution >= 4 is 34.1 Å². The van der Waals surface area contributed by atoms with E-state index in [0.717, 1.165) is 24.3 Å². The van der Waals surface area contributed by atoms with Gasteiger partial charge in [0, 0.05) is 33.7 Å². The minimum absolute atomic E-state index is 0.0838. The number of methoxy groups -OCH3 is 1. The van der Waals surface area contributed by atoms with Crippen molar-refractivity contribution in [3.8, 4) is 22.8 Å². The fraction of sp³-hybridized carbons (Fsp3) is 0.379. The lowest BCUT2D eigenvalue weighted by atomic mass is 9.82. The average Bonchev–Trinajstić information content (AvgIpc) is 3.38. The summed E-state index contributed by atoms with van der Waals surface area (Å²) in [6.07, 6.45) is -6.68. The zero-order chi connectivity index (χ0) is 33.4. The molecule has 1 aliphatic carbocycles. The Bertz CT molecular complexity index is 1880. The molecular weight excluding hydrogens is 644 g/mol. The summed E-state index contributed by atoms with van der Waals surface area (Å²) < 4.78 is 96.9. The number of halogens is 6. The topological polar surface area (TPSA) is 142 Å². The molecule has 0 unspecified atom stereocenters. The minimum atomic E-state index is -5.47. The van der Waals surface area contributed by atoms with Crippen LogP contribution in [0.1, 0.15) is 52.3 Å². The van der Waals surface area contributed by atoms with Crippen molar-refractivity contribution in [1.82, 2.24) is 20.1 Å². The highest BCUT2D eigenvalue weighted by Crippen LogP contribution is 2.49. The molecule has 1 saturated carbocycles. The van der Waals surface area contributed by atoms with E-state index in [1.54, 1.807) is 10.9 Å². The smallest absolute Gasteiger partial charge is 0.425 e. The zero-order valence-corrected chi connectivity index (χ0v) is 24.9. The van der Waals surface area contributed by atoms with Crippen LogP contribution in [0.5, 0.6) is 11.5 Å². The first-order chi connectivity index (χ1) is 21.5. The maximum Gasteiger partial charge on any atom is 0.425 e. The van der Waals surface area contributed by atoms with Gasteiger partial charge in [-0.1, -0.05) is 0 Å². The number of hydrogen-bond donors (Lipinski definition) is 3. The van der Waals surface area contributed by atoms with Gasteiger partial charge in [0.25, 0.3) is 5.91 Å². The fourth-order valence-corrected chi connectivity index (χ4v) is 5.95. The van der Waals surface area contributed by atoms with Crippen LogP contribution in [0, 0.1) is 0 Å². The maximum absolute atomic E-state index is 14.7. The average molecular weight is 670 g/mol. The van der Waals surface area contributed by atoms with Crippen molar-refractivity contribution in [3.05, 3.63) is 57.5 Å². The second-order valence-electron chi connectivity index (χ2n) is 11.4. The number of amides is 2. The second-order valence-corrected chi connectivity index (χ2v) is 12.3. The Morgan fingerprint density at radius 3 is 2.50 bits per heavy atom. The van der Waals surface area contributed by atoms with Crippen LogP contribution in [0.2, 0.25) is 0 Å². The number of hydrogen-bond acceptors (Lipinski definition) is 8. The highest BCUT2D eigenvalue weighted by Gasteiger charge is 2.58. The lowest BCUT2D eigenvalue weighted by Crippen LogP contribution is -2.51. The number of rotatable bonds is 8. The molecule has 1 aliphatic heterocycles. The Hall–Kier alpha value is -4.38. The quantitative estimate of drug-likeness (QED) is 0.228. The summed E-state index contributed by atoms with van der Waals surface area (Å²) in [5.74, 6) is -2.04. The van der Waals surface area contributed by atoms with E-state index in [0.29, 0.717) is 17.0 Å². The normalized spacial score (nSPS) is 19.4. The van der Waals surface area contributed by atoms with Gasteiger partial charge >= 0.3 is 12.4 Å². The standard InChI is InChI=1S/C29H25F6N5O5S/c1-26(25(36)42)12-45-23-17(26)8-19(38-22(23)15-7-20(46-10-15)28(30,31)32)27(43,29(33,34)35)11-37-24(41)13-5-14-9-40(16-3-4-16)39-21(14)18(6-13)44-2/h5-10,16,43H,3-4,11-12H2,1-2H3,(H2,36,42)(H,37,41)/t26-,27-/m0/s1. The monoisotopic (exact) mass is 669 g/mol. The van der Waals surface area contributed by atoms with E-state index < -0.39 is 64.6 Å². The molecule has 17 heteroatoms. The third-order valence-corrected chi connectivity index (χ3v) is 9.14. The number of aliphatic hydroxyl groups is 1. The molecule has 2 aliphatic rings. The third-order valence-electron chi connectivity index (χ3n) is 8.16. The Labute approximate surface area is 260 Å². The van der Waals surface area contributed by atoms with Crippen LogP contribution in [0.3, 0.4) is 0 Å². The summed E-state index contributed by atoms with van der Waals surface area (Å²) in [6.45, 7) is -0.602. The van der Waals surface area contributed by atoms with Gasteiger partial charge in [-0.05, 0) is 44.0 Å². The molecule has 2 atom stereocenters. The summed E-state index contributed by atoms with van der Waals surface area (Å²) in [4.78, 5) is 28.5. The highest BCUT2D eigenvalue weighted by atomic mass is 32.1. The molecule has 4 aromatic rings. The number of nitrogens with zero attached hydrogens (tertiary/aromatic N) is 3. The van der Waals surface area contributed by atoms with E-state index in [2.05, 4.69) is 15.4 Å². The van der Waals surface area contributed by atoms with Crippen molar-refractivity contribution in [2.45, 2.75) is 49.2 Å². The summed E-state index contributed by atoms with van der Waals surface area (Å²) in [7, 11) is 1.35. The number of pyridine rings is 1. The largest absolute Gasteiger partial charge is 0.494 e. The molecule has 0 saturated heterocycles.